The van der Waals surface area contributed by atoms with Crippen LogP contribution in [0.1, 0.15) is 28.8 Å². The fourth-order valence-corrected chi connectivity index (χ4v) is 2.38. The normalized spacial score (nSPS) is 11.1. The molecule has 0 spiro atoms. The largest absolute Gasteiger partial charge is 0.573 e. The predicted octanol–water partition coefficient (Wildman–Crippen LogP) is 4.21. The summed E-state index contributed by atoms with van der Waals surface area (Å²) in [7, 11) is 1.47. The minimum atomic E-state index is -4.80. The molecule has 0 aliphatic rings. The van der Waals surface area contributed by atoms with Crippen molar-refractivity contribution < 1.29 is 27.5 Å². The summed E-state index contributed by atoms with van der Waals surface area (Å²) in [4.78, 5) is 25.5. The lowest BCUT2D eigenvalue weighted by Crippen LogP contribution is -2.27. The minimum Gasteiger partial charge on any atom is -0.405 e. The number of carbonyl (C=O) groups excluding carboxylic acids is 2. The fraction of sp³-hybridized carbons (Fsp3) is 0.263. The van der Waals surface area contributed by atoms with Crippen molar-refractivity contribution in [3.63, 3.8) is 0 Å². The van der Waals surface area contributed by atoms with Crippen LogP contribution in [0.4, 0.5) is 13.2 Å². The summed E-state index contributed by atoms with van der Waals surface area (Å²) < 4.78 is 41.3. The average Bonchev–Trinajstić information content (AvgIpc) is 2.60. The summed E-state index contributed by atoms with van der Waals surface area (Å²) in [6.45, 7) is -0.0510. The maximum Gasteiger partial charge on any atom is 0.573 e. The van der Waals surface area contributed by atoms with E-state index >= 15 is 0 Å². The molecular formula is C19H18F3NO3. The van der Waals surface area contributed by atoms with E-state index in [9.17, 15) is 22.8 Å². The van der Waals surface area contributed by atoms with Gasteiger partial charge in [0.1, 0.15) is 5.75 Å². The van der Waals surface area contributed by atoms with Gasteiger partial charge in [-0.1, -0.05) is 48.5 Å². The maximum absolute atomic E-state index is 12.4. The van der Waals surface area contributed by atoms with Crippen molar-refractivity contribution in [2.24, 2.45) is 0 Å². The molecule has 7 heteroatoms. The molecule has 4 nitrogen and oxygen atoms in total. The van der Waals surface area contributed by atoms with Gasteiger partial charge in [0.25, 0.3) is 0 Å². The first-order valence-electron chi connectivity index (χ1n) is 7.92. The van der Waals surface area contributed by atoms with Crippen molar-refractivity contribution in [3.8, 4) is 5.75 Å². The molecule has 0 atom stereocenters. The molecule has 2 rings (SSSR count). The molecule has 0 saturated carbocycles. The number of ether oxygens (including phenoxy) is 1. The zero-order valence-corrected chi connectivity index (χ0v) is 14.1. The Balaban J connectivity index is 1.94. The van der Waals surface area contributed by atoms with E-state index < -0.39 is 6.36 Å². The number of ketones is 1. The first kappa shape index (κ1) is 19.5. The third-order valence-corrected chi connectivity index (χ3v) is 3.69. The number of benzene rings is 2. The molecule has 138 valence electrons. The van der Waals surface area contributed by atoms with Crippen LogP contribution in [0.15, 0.2) is 54.6 Å². The van der Waals surface area contributed by atoms with Crippen LogP contribution in [0.3, 0.4) is 0 Å². The van der Waals surface area contributed by atoms with Crippen molar-refractivity contribution in [1.29, 1.82) is 0 Å². The Kier molecular flexibility index (Phi) is 6.38. The molecule has 1 amide bonds. The number of alkyl halides is 3. The number of rotatable bonds is 7. The van der Waals surface area contributed by atoms with E-state index in [0.29, 0.717) is 5.56 Å². The van der Waals surface area contributed by atoms with Gasteiger partial charge in [-0.2, -0.15) is 0 Å². The van der Waals surface area contributed by atoms with E-state index in [2.05, 4.69) is 4.74 Å². The lowest BCUT2D eigenvalue weighted by Gasteiger charge is -2.20. The Morgan fingerprint density at radius 3 is 2.23 bits per heavy atom. The second kappa shape index (κ2) is 8.51. The number of nitrogens with zero attached hydrogens (tertiary/aromatic N) is 1. The Morgan fingerprint density at radius 1 is 0.962 bits per heavy atom. The molecular weight excluding hydrogens is 347 g/mol. The number of carbonyl (C=O) groups is 2. The SMILES string of the molecule is CN(Cc1ccccc1OC(F)(F)F)C(=O)CCC(=O)c1ccccc1. The van der Waals surface area contributed by atoms with E-state index in [1.165, 1.54) is 30.1 Å². The van der Waals surface area contributed by atoms with Crippen LogP contribution in [0.2, 0.25) is 0 Å². The molecule has 0 radical (unpaired) electrons. The zero-order valence-electron chi connectivity index (χ0n) is 14.1. The number of hydrogen-bond donors (Lipinski definition) is 0. The topological polar surface area (TPSA) is 46.6 Å². The minimum absolute atomic E-state index is 0.0213. The van der Waals surface area contributed by atoms with E-state index in [-0.39, 0.29) is 42.4 Å². The van der Waals surface area contributed by atoms with Crippen LogP contribution in [0, 0.1) is 0 Å². The lowest BCUT2D eigenvalue weighted by atomic mass is 10.1. The fourth-order valence-electron chi connectivity index (χ4n) is 2.38. The summed E-state index contributed by atoms with van der Waals surface area (Å²) >= 11 is 0. The van der Waals surface area contributed by atoms with Gasteiger partial charge in [-0.3, -0.25) is 9.59 Å². The van der Waals surface area contributed by atoms with Gasteiger partial charge >= 0.3 is 6.36 Å². The Labute approximate surface area is 149 Å². The summed E-state index contributed by atoms with van der Waals surface area (Å²) in [5.74, 6) is -0.843. The highest BCUT2D eigenvalue weighted by molar-refractivity contribution is 5.97. The molecule has 0 unspecified atom stereocenters. The molecule has 0 saturated heterocycles. The molecule has 0 fully saturated rings. The molecule has 0 aromatic heterocycles. The van der Waals surface area contributed by atoms with E-state index in [0.717, 1.165) is 0 Å². The molecule has 2 aromatic carbocycles. The van der Waals surface area contributed by atoms with E-state index in [1.54, 1.807) is 36.4 Å². The Bertz CT molecular complexity index is 760. The van der Waals surface area contributed by atoms with Crippen LogP contribution in [-0.2, 0) is 11.3 Å². The number of para-hydroxylation sites is 1. The van der Waals surface area contributed by atoms with Gasteiger partial charge in [0.15, 0.2) is 5.78 Å². The molecule has 0 bridgehead atoms. The zero-order chi connectivity index (χ0) is 19.2. The Morgan fingerprint density at radius 2 is 1.58 bits per heavy atom. The molecule has 2 aromatic rings. The Hall–Kier alpha value is -2.83. The molecule has 0 aliphatic heterocycles. The van der Waals surface area contributed by atoms with E-state index in [4.69, 9.17) is 0 Å². The van der Waals surface area contributed by atoms with Gasteiger partial charge < -0.3 is 9.64 Å². The van der Waals surface area contributed by atoms with Crippen molar-refractivity contribution in [2.45, 2.75) is 25.7 Å². The number of hydrogen-bond acceptors (Lipinski definition) is 3. The van der Waals surface area contributed by atoms with Gasteiger partial charge in [0.05, 0.1) is 0 Å². The molecule has 26 heavy (non-hydrogen) atoms. The van der Waals surface area contributed by atoms with Crippen LogP contribution < -0.4 is 4.74 Å². The summed E-state index contributed by atoms with van der Waals surface area (Å²) in [5, 5.41) is 0. The standard InChI is InChI=1S/C19H18F3NO3/c1-23(13-15-9-5-6-10-17(15)26-19(20,21)22)18(25)12-11-16(24)14-7-3-2-4-8-14/h2-10H,11-13H2,1H3. The second-order valence-electron chi connectivity index (χ2n) is 5.69. The summed E-state index contributed by atoms with van der Waals surface area (Å²) in [5.41, 5.74) is 0.752. The highest BCUT2D eigenvalue weighted by Gasteiger charge is 2.32. The van der Waals surface area contributed by atoms with Gasteiger partial charge in [0, 0.05) is 37.6 Å². The highest BCUT2D eigenvalue weighted by atomic mass is 19.4. The quantitative estimate of drug-likeness (QED) is 0.691. The van der Waals surface area contributed by atoms with Crippen LogP contribution in [0.25, 0.3) is 0 Å². The number of amides is 1. The van der Waals surface area contributed by atoms with Crippen LogP contribution in [-0.4, -0.2) is 30.0 Å². The van der Waals surface area contributed by atoms with Crippen LogP contribution in [0.5, 0.6) is 5.75 Å². The highest BCUT2D eigenvalue weighted by Crippen LogP contribution is 2.27. The van der Waals surface area contributed by atoms with Gasteiger partial charge in [-0.25, -0.2) is 0 Å². The molecule has 0 N–H and O–H groups in total. The maximum atomic E-state index is 12.4. The first-order chi connectivity index (χ1) is 12.3. The lowest BCUT2D eigenvalue weighted by molar-refractivity contribution is -0.275. The van der Waals surface area contributed by atoms with Gasteiger partial charge in [-0.15, -0.1) is 13.2 Å². The van der Waals surface area contributed by atoms with Gasteiger partial charge in [-0.05, 0) is 6.07 Å². The second-order valence-corrected chi connectivity index (χ2v) is 5.69. The van der Waals surface area contributed by atoms with Crippen molar-refractivity contribution >= 4 is 11.7 Å². The predicted molar refractivity (Wildman–Crippen MR) is 89.6 cm³/mol. The summed E-state index contributed by atoms with van der Waals surface area (Å²) in [6.07, 6.45) is -4.79. The molecule has 0 heterocycles. The smallest absolute Gasteiger partial charge is 0.405 e. The van der Waals surface area contributed by atoms with E-state index in [1.807, 2.05) is 0 Å². The summed E-state index contributed by atoms with van der Waals surface area (Å²) in [6, 6.07) is 14.2. The van der Waals surface area contributed by atoms with Crippen LogP contribution >= 0.6 is 0 Å². The number of Topliss-reactive ketones (excluding diaryl/α,β-unsaturated/α-hetero) is 1. The average molecular weight is 365 g/mol. The first-order valence-corrected chi connectivity index (χ1v) is 7.92. The molecule has 0 aliphatic carbocycles. The van der Waals surface area contributed by atoms with Gasteiger partial charge in [0.2, 0.25) is 5.91 Å². The monoisotopic (exact) mass is 365 g/mol. The van der Waals surface area contributed by atoms with Crippen molar-refractivity contribution in [2.75, 3.05) is 7.05 Å². The number of halogens is 3. The van der Waals surface area contributed by atoms with Crippen molar-refractivity contribution in [3.05, 3.63) is 65.7 Å². The third-order valence-electron chi connectivity index (χ3n) is 3.69. The van der Waals surface area contributed by atoms with Crippen molar-refractivity contribution in [1.82, 2.24) is 4.90 Å². The third kappa shape index (κ3) is 5.91.